The maximum atomic E-state index is 11.2. The van der Waals surface area contributed by atoms with Gasteiger partial charge in [0.15, 0.2) is 0 Å². The molecule has 2 aliphatic rings. The number of likely N-dealkylation sites (tertiary alicyclic amines) is 1. The Kier molecular flexibility index (Phi) is 6.36. The van der Waals surface area contributed by atoms with Crippen molar-refractivity contribution in [3.63, 3.8) is 0 Å². The largest absolute Gasteiger partial charge is 0.481 e. The molecule has 0 aromatic rings. The number of rotatable bonds is 4. The van der Waals surface area contributed by atoms with E-state index in [4.69, 9.17) is 10.2 Å². The number of nitrogens with zero attached hydrogens (tertiary/aromatic N) is 1. The van der Waals surface area contributed by atoms with Gasteiger partial charge in [0.2, 0.25) is 23.6 Å². The Bertz CT molecular complexity index is 526. The number of carboxylic acids is 2. The summed E-state index contributed by atoms with van der Waals surface area (Å²) in [5.41, 5.74) is 0. The molecule has 0 spiro atoms. The van der Waals surface area contributed by atoms with Gasteiger partial charge >= 0.3 is 11.9 Å². The van der Waals surface area contributed by atoms with Crippen molar-refractivity contribution in [2.75, 3.05) is 0 Å². The highest BCUT2D eigenvalue weighted by molar-refractivity contribution is 6.05. The minimum atomic E-state index is -1.59. The standard InChI is InChI=1S/C8H9NO6.C5H7NO2/c10-5-1-2-6(11)9(5)4(8(14)15)3-7(12)13;7-4-2-1-3-5(8)6-4/h4H,1-3H2,(H,12,13)(H,14,15);1-3H2,(H,6,7,8). The average Bonchev–Trinajstić information content (AvgIpc) is 2.76. The van der Waals surface area contributed by atoms with Crippen LogP contribution in [0.4, 0.5) is 0 Å². The molecule has 0 radical (unpaired) electrons. The molecule has 1 atom stereocenters. The Labute approximate surface area is 130 Å². The highest BCUT2D eigenvalue weighted by Gasteiger charge is 2.39. The molecule has 2 rings (SSSR count). The zero-order chi connectivity index (χ0) is 17.6. The van der Waals surface area contributed by atoms with Crippen LogP contribution in [-0.4, -0.2) is 56.7 Å². The lowest BCUT2D eigenvalue weighted by molar-refractivity contribution is -0.157. The van der Waals surface area contributed by atoms with Gasteiger partial charge in [0.1, 0.15) is 6.04 Å². The quantitative estimate of drug-likeness (QED) is 0.547. The van der Waals surface area contributed by atoms with Crippen LogP contribution in [0.1, 0.15) is 38.5 Å². The number of carboxylic acid groups (broad SMARTS) is 2. The third kappa shape index (κ3) is 5.49. The molecule has 2 fully saturated rings. The molecular weight excluding hydrogens is 312 g/mol. The molecule has 23 heavy (non-hydrogen) atoms. The molecule has 10 nitrogen and oxygen atoms in total. The van der Waals surface area contributed by atoms with E-state index >= 15 is 0 Å². The summed E-state index contributed by atoms with van der Waals surface area (Å²) in [5.74, 6) is -4.39. The number of hydrogen-bond donors (Lipinski definition) is 3. The van der Waals surface area contributed by atoms with Crippen LogP contribution in [0.3, 0.4) is 0 Å². The third-order valence-electron chi connectivity index (χ3n) is 3.14. The number of piperidine rings is 1. The summed E-state index contributed by atoms with van der Waals surface area (Å²) in [5, 5.41) is 19.4. The van der Waals surface area contributed by atoms with E-state index in [2.05, 4.69) is 5.32 Å². The summed E-state index contributed by atoms with van der Waals surface area (Å²) in [6.07, 6.45) is 0.847. The summed E-state index contributed by atoms with van der Waals surface area (Å²) in [6.45, 7) is 0. The van der Waals surface area contributed by atoms with Crippen LogP contribution in [0.15, 0.2) is 0 Å². The topological polar surface area (TPSA) is 158 Å². The van der Waals surface area contributed by atoms with Crippen molar-refractivity contribution in [1.82, 2.24) is 10.2 Å². The lowest BCUT2D eigenvalue weighted by atomic mass is 10.1. The van der Waals surface area contributed by atoms with E-state index in [9.17, 15) is 28.8 Å². The van der Waals surface area contributed by atoms with Crippen LogP contribution in [0.2, 0.25) is 0 Å². The third-order valence-corrected chi connectivity index (χ3v) is 3.14. The summed E-state index contributed by atoms with van der Waals surface area (Å²) < 4.78 is 0. The van der Waals surface area contributed by atoms with E-state index in [0.29, 0.717) is 24.2 Å². The molecular formula is C13H16N2O8. The Morgan fingerprint density at radius 2 is 1.43 bits per heavy atom. The smallest absolute Gasteiger partial charge is 0.327 e. The van der Waals surface area contributed by atoms with Crippen LogP contribution in [0, 0.1) is 0 Å². The van der Waals surface area contributed by atoms with E-state index < -0.39 is 36.2 Å². The van der Waals surface area contributed by atoms with Crippen molar-refractivity contribution in [3.8, 4) is 0 Å². The molecule has 126 valence electrons. The SMILES string of the molecule is O=C(O)CC(C(=O)O)N1C(=O)CCC1=O.O=C1CCCC(=O)N1. The van der Waals surface area contributed by atoms with Crippen LogP contribution in [0.5, 0.6) is 0 Å². The van der Waals surface area contributed by atoms with Crippen LogP contribution < -0.4 is 5.32 Å². The number of carbonyl (C=O) groups is 6. The number of hydrogen-bond acceptors (Lipinski definition) is 6. The van der Waals surface area contributed by atoms with Gasteiger partial charge < -0.3 is 10.2 Å². The van der Waals surface area contributed by atoms with Gasteiger partial charge in [-0.3, -0.25) is 34.2 Å². The average molecular weight is 328 g/mol. The van der Waals surface area contributed by atoms with E-state index in [1.165, 1.54) is 0 Å². The molecule has 10 heteroatoms. The monoisotopic (exact) mass is 328 g/mol. The minimum absolute atomic E-state index is 0.0533. The molecule has 4 amide bonds. The maximum absolute atomic E-state index is 11.2. The van der Waals surface area contributed by atoms with Gasteiger partial charge in [-0.2, -0.15) is 0 Å². The highest BCUT2D eigenvalue weighted by Crippen LogP contribution is 2.17. The van der Waals surface area contributed by atoms with Gasteiger partial charge in [0, 0.05) is 25.7 Å². The fourth-order valence-corrected chi connectivity index (χ4v) is 2.09. The lowest BCUT2D eigenvalue weighted by Gasteiger charge is -2.20. The Balaban J connectivity index is 0.000000277. The first-order chi connectivity index (χ1) is 10.7. The molecule has 0 bridgehead atoms. The second-order valence-corrected chi connectivity index (χ2v) is 4.93. The van der Waals surface area contributed by atoms with E-state index in [1.807, 2.05) is 0 Å². The number of imide groups is 2. The van der Waals surface area contributed by atoms with Crippen molar-refractivity contribution in [2.45, 2.75) is 44.6 Å². The lowest BCUT2D eigenvalue weighted by Crippen LogP contribution is -2.45. The zero-order valence-electron chi connectivity index (χ0n) is 12.1. The van der Waals surface area contributed by atoms with Crippen LogP contribution in [-0.2, 0) is 28.8 Å². The van der Waals surface area contributed by atoms with Gasteiger partial charge in [0.25, 0.3) is 0 Å². The van der Waals surface area contributed by atoms with Crippen molar-refractivity contribution in [2.24, 2.45) is 0 Å². The van der Waals surface area contributed by atoms with Gasteiger partial charge in [-0.05, 0) is 6.42 Å². The van der Waals surface area contributed by atoms with Crippen molar-refractivity contribution in [3.05, 3.63) is 0 Å². The second kappa shape index (κ2) is 8.01. The van der Waals surface area contributed by atoms with E-state index in [0.717, 1.165) is 0 Å². The van der Waals surface area contributed by atoms with E-state index in [1.54, 1.807) is 0 Å². The zero-order valence-corrected chi connectivity index (χ0v) is 12.1. The van der Waals surface area contributed by atoms with Crippen LogP contribution in [0.25, 0.3) is 0 Å². The highest BCUT2D eigenvalue weighted by atomic mass is 16.4. The summed E-state index contributed by atoms with van der Waals surface area (Å²) in [7, 11) is 0. The molecule has 3 N–H and O–H groups in total. The molecule has 0 aliphatic carbocycles. The molecule has 0 aromatic heterocycles. The number of amides is 4. The van der Waals surface area contributed by atoms with Crippen molar-refractivity contribution >= 4 is 35.6 Å². The number of carbonyl (C=O) groups excluding carboxylic acids is 4. The van der Waals surface area contributed by atoms with Gasteiger partial charge in [-0.15, -0.1) is 0 Å². The second-order valence-electron chi connectivity index (χ2n) is 4.93. The molecule has 2 aliphatic heterocycles. The first kappa shape index (κ1) is 18.3. The number of aliphatic carboxylic acids is 2. The van der Waals surface area contributed by atoms with Crippen molar-refractivity contribution < 1.29 is 39.0 Å². The maximum Gasteiger partial charge on any atom is 0.327 e. The predicted molar refractivity (Wildman–Crippen MR) is 71.8 cm³/mol. The first-order valence-electron chi connectivity index (χ1n) is 6.84. The van der Waals surface area contributed by atoms with Gasteiger partial charge in [0.05, 0.1) is 6.42 Å². The molecule has 2 saturated heterocycles. The summed E-state index contributed by atoms with van der Waals surface area (Å²) >= 11 is 0. The normalized spacial score (nSPS) is 18.9. The molecule has 1 unspecified atom stereocenters. The minimum Gasteiger partial charge on any atom is -0.481 e. The first-order valence-corrected chi connectivity index (χ1v) is 6.84. The number of nitrogens with one attached hydrogen (secondary N) is 1. The Hall–Kier alpha value is -2.78. The van der Waals surface area contributed by atoms with Crippen molar-refractivity contribution in [1.29, 1.82) is 0 Å². The van der Waals surface area contributed by atoms with Gasteiger partial charge in [-0.1, -0.05) is 0 Å². The Morgan fingerprint density at radius 3 is 1.74 bits per heavy atom. The van der Waals surface area contributed by atoms with Crippen LogP contribution >= 0.6 is 0 Å². The molecule has 0 aromatic carbocycles. The molecule has 0 saturated carbocycles. The predicted octanol–water partition coefficient (Wildman–Crippen LogP) is -1.12. The van der Waals surface area contributed by atoms with Gasteiger partial charge in [-0.25, -0.2) is 4.79 Å². The molecule has 2 heterocycles. The Morgan fingerprint density at radius 1 is 0.957 bits per heavy atom. The fourth-order valence-electron chi connectivity index (χ4n) is 2.09. The van der Waals surface area contributed by atoms with E-state index in [-0.39, 0.29) is 24.7 Å². The summed E-state index contributed by atoms with van der Waals surface area (Å²) in [4.78, 5) is 64.6. The fraction of sp³-hybridized carbons (Fsp3) is 0.538. The summed E-state index contributed by atoms with van der Waals surface area (Å²) in [6, 6.07) is -1.59.